The predicted octanol–water partition coefficient (Wildman–Crippen LogP) is 2.31. The molecule has 3 amide bonds. The van der Waals surface area contributed by atoms with Crippen LogP contribution in [0.25, 0.3) is 0 Å². The van der Waals surface area contributed by atoms with E-state index in [1.807, 2.05) is 26.0 Å². The Bertz CT molecular complexity index is 729. The minimum Gasteiger partial charge on any atom is -0.456 e. The first-order valence-corrected chi connectivity index (χ1v) is 9.30. The maximum Gasteiger partial charge on any atom is 0.321 e. The third kappa shape index (κ3) is 6.51. The molecule has 0 aliphatic heterocycles. The van der Waals surface area contributed by atoms with Gasteiger partial charge in [-0.05, 0) is 49.8 Å². The molecule has 7 heteroatoms. The Hall–Kier alpha value is -2.70. The molecule has 0 fully saturated rings. The number of ketones is 1. The molecular weight excluding hydrogens is 348 g/mol. The zero-order valence-corrected chi connectivity index (χ0v) is 15.8. The van der Waals surface area contributed by atoms with Gasteiger partial charge in [0.05, 0.1) is 6.42 Å². The number of urea groups is 1. The zero-order valence-electron chi connectivity index (χ0n) is 15.8. The minimum absolute atomic E-state index is 0.0216. The number of fused-ring (bicyclic) bond motifs is 1. The lowest BCUT2D eigenvalue weighted by Gasteiger charge is -2.11. The van der Waals surface area contributed by atoms with Crippen LogP contribution in [0.3, 0.4) is 0 Å². The number of hydrogen-bond acceptors (Lipinski definition) is 5. The van der Waals surface area contributed by atoms with E-state index in [9.17, 15) is 19.2 Å². The molecular formula is C20H26N2O5. The molecule has 2 N–H and O–H groups in total. The average molecular weight is 374 g/mol. The average Bonchev–Trinajstić information content (AvgIpc) is 3.11. The topological polar surface area (TPSA) is 102 Å². The van der Waals surface area contributed by atoms with Gasteiger partial charge in [0.1, 0.15) is 0 Å². The van der Waals surface area contributed by atoms with Crippen LogP contribution in [0.15, 0.2) is 18.2 Å². The van der Waals surface area contributed by atoms with Crippen molar-refractivity contribution in [1.29, 1.82) is 0 Å². The lowest BCUT2D eigenvalue weighted by atomic mass is 10.0. The maximum absolute atomic E-state index is 12.2. The van der Waals surface area contributed by atoms with Gasteiger partial charge in [0.2, 0.25) is 0 Å². The van der Waals surface area contributed by atoms with Crippen molar-refractivity contribution in [2.75, 3.05) is 6.61 Å². The van der Waals surface area contributed by atoms with E-state index in [0.29, 0.717) is 5.56 Å². The molecule has 1 aromatic rings. The first-order chi connectivity index (χ1) is 12.9. The van der Waals surface area contributed by atoms with E-state index in [0.717, 1.165) is 25.7 Å². The summed E-state index contributed by atoms with van der Waals surface area (Å²) in [7, 11) is 0. The summed E-state index contributed by atoms with van der Waals surface area (Å²) in [4.78, 5) is 47.0. The van der Waals surface area contributed by atoms with Crippen LogP contribution < -0.4 is 10.6 Å². The van der Waals surface area contributed by atoms with Crippen molar-refractivity contribution < 1.29 is 23.9 Å². The Kier molecular flexibility index (Phi) is 7.52. The smallest absolute Gasteiger partial charge is 0.321 e. The van der Waals surface area contributed by atoms with Gasteiger partial charge in [0.25, 0.3) is 5.91 Å². The second kappa shape index (κ2) is 9.85. The Morgan fingerprint density at radius 3 is 2.59 bits per heavy atom. The molecule has 27 heavy (non-hydrogen) atoms. The number of ether oxygens (including phenoxy) is 1. The molecule has 7 nitrogen and oxygen atoms in total. The standard InChI is InChI=1S/C20H26N2O5/c1-3-13(2)21-20(26)22-18(24)12-27-19(25)10-9-17(23)16-8-7-14-5-4-6-15(14)11-16/h7-8,11,13H,3-6,9-10,12H2,1-2H3,(H2,21,22,24,26)/t13-/m1/s1. The van der Waals surface area contributed by atoms with E-state index in [1.165, 1.54) is 11.1 Å². The third-order valence-electron chi connectivity index (χ3n) is 4.58. The molecule has 1 aliphatic carbocycles. The quantitative estimate of drug-likeness (QED) is 0.537. The highest BCUT2D eigenvalue weighted by Crippen LogP contribution is 2.23. The van der Waals surface area contributed by atoms with Crippen LogP contribution in [0.4, 0.5) is 4.79 Å². The highest BCUT2D eigenvalue weighted by molar-refractivity contribution is 5.98. The second-order valence-corrected chi connectivity index (χ2v) is 6.75. The van der Waals surface area contributed by atoms with E-state index < -0.39 is 24.5 Å². The number of nitrogens with one attached hydrogen (secondary N) is 2. The number of esters is 1. The summed E-state index contributed by atoms with van der Waals surface area (Å²) in [5.74, 6) is -1.49. The van der Waals surface area contributed by atoms with Gasteiger partial charge < -0.3 is 10.1 Å². The van der Waals surface area contributed by atoms with E-state index in [1.54, 1.807) is 6.07 Å². The van der Waals surface area contributed by atoms with E-state index >= 15 is 0 Å². The second-order valence-electron chi connectivity index (χ2n) is 6.75. The van der Waals surface area contributed by atoms with Crippen LogP contribution in [0.5, 0.6) is 0 Å². The lowest BCUT2D eigenvalue weighted by Crippen LogP contribution is -2.44. The van der Waals surface area contributed by atoms with Crippen molar-refractivity contribution in [3.8, 4) is 0 Å². The first-order valence-electron chi connectivity index (χ1n) is 9.30. The van der Waals surface area contributed by atoms with Gasteiger partial charge in [-0.1, -0.05) is 19.1 Å². The molecule has 0 radical (unpaired) electrons. The monoisotopic (exact) mass is 374 g/mol. The van der Waals surface area contributed by atoms with Gasteiger partial charge in [0, 0.05) is 18.0 Å². The number of carbonyl (C=O) groups excluding carboxylic acids is 4. The molecule has 1 aliphatic rings. The summed E-state index contributed by atoms with van der Waals surface area (Å²) < 4.78 is 4.81. The Morgan fingerprint density at radius 2 is 1.85 bits per heavy atom. The molecule has 0 spiro atoms. The van der Waals surface area contributed by atoms with Crippen molar-refractivity contribution in [3.05, 3.63) is 34.9 Å². The number of carbonyl (C=O) groups is 4. The Labute approximate surface area is 158 Å². The fourth-order valence-electron chi connectivity index (χ4n) is 2.85. The Morgan fingerprint density at radius 1 is 1.11 bits per heavy atom. The molecule has 0 saturated heterocycles. The fourth-order valence-corrected chi connectivity index (χ4v) is 2.85. The number of benzene rings is 1. The summed E-state index contributed by atoms with van der Waals surface area (Å²) in [5, 5.41) is 4.65. The van der Waals surface area contributed by atoms with Crippen molar-refractivity contribution in [1.82, 2.24) is 10.6 Å². The van der Waals surface area contributed by atoms with Gasteiger partial charge in [-0.2, -0.15) is 0 Å². The van der Waals surface area contributed by atoms with E-state index in [4.69, 9.17) is 4.74 Å². The number of rotatable bonds is 8. The zero-order chi connectivity index (χ0) is 19.8. The lowest BCUT2D eigenvalue weighted by molar-refractivity contribution is -0.148. The molecule has 0 aromatic heterocycles. The van der Waals surface area contributed by atoms with Crippen LogP contribution in [-0.4, -0.2) is 36.3 Å². The molecule has 0 heterocycles. The molecule has 0 bridgehead atoms. The highest BCUT2D eigenvalue weighted by Gasteiger charge is 2.16. The number of imide groups is 1. The van der Waals surface area contributed by atoms with E-state index in [2.05, 4.69) is 10.6 Å². The maximum atomic E-state index is 12.2. The van der Waals surface area contributed by atoms with Crippen molar-refractivity contribution >= 4 is 23.7 Å². The van der Waals surface area contributed by atoms with Crippen LogP contribution >= 0.6 is 0 Å². The van der Waals surface area contributed by atoms with Crippen LogP contribution in [0.2, 0.25) is 0 Å². The highest BCUT2D eigenvalue weighted by atomic mass is 16.5. The van der Waals surface area contributed by atoms with Crippen LogP contribution in [0.1, 0.15) is 61.0 Å². The minimum atomic E-state index is -0.714. The van der Waals surface area contributed by atoms with Gasteiger partial charge >= 0.3 is 12.0 Å². The number of amides is 3. The SMILES string of the molecule is CC[C@@H](C)NC(=O)NC(=O)COC(=O)CCC(=O)c1ccc2c(c1)CCC2. The summed E-state index contributed by atoms with van der Waals surface area (Å²) in [5.41, 5.74) is 3.09. The molecule has 1 aromatic carbocycles. The van der Waals surface area contributed by atoms with Crippen LogP contribution in [0, 0.1) is 0 Å². The number of Topliss-reactive ketones (excluding diaryl/α,β-unsaturated/α-hetero) is 1. The largest absolute Gasteiger partial charge is 0.456 e. The summed E-state index contributed by atoms with van der Waals surface area (Å²) >= 11 is 0. The number of hydrogen-bond donors (Lipinski definition) is 2. The fraction of sp³-hybridized carbons (Fsp3) is 0.500. The van der Waals surface area contributed by atoms with Crippen molar-refractivity contribution in [2.24, 2.45) is 0 Å². The number of aryl methyl sites for hydroxylation is 2. The molecule has 0 saturated carbocycles. The van der Waals surface area contributed by atoms with Crippen LogP contribution in [-0.2, 0) is 27.2 Å². The summed E-state index contributed by atoms with van der Waals surface area (Å²) in [6.45, 7) is 3.15. The third-order valence-corrected chi connectivity index (χ3v) is 4.58. The molecule has 1 atom stereocenters. The van der Waals surface area contributed by atoms with Gasteiger partial charge in [-0.3, -0.25) is 19.7 Å². The van der Waals surface area contributed by atoms with Gasteiger partial charge in [-0.15, -0.1) is 0 Å². The first kappa shape index (κ1) is 20.6. The van der Waals surface area contributed by atoms with E-state index in [-0.39, 0.29) is 24.7 Å². The van der Waals surface area contributed by atoms with Crippen molar-refractivity contribution in [3.63, 3.8) is 0 Å². The summed E-state index contributed by atoms with van der Waals surface area (Å²) in [6, 6.07) is 4.98. The predicted molar refractivity (Wildman–Crippen MR) is 99.4 cm³/mol. The molecule has 146 valence electrons. The van der Waals surface area contributed by atoms with Gasteiger partial charge in [0.15, 0.2) is 12.4 Å². The van der Waals surface area contributed by atoms with Gasteiger partial charge in [-0.25, -0.2) is 4.79 Å². The molecule has 2 rings (SSSR count). The summed E-state index contributed by atoms with van der Waals surface area (Å²) in [6.07, 6.45) is 3.79. The molecule has 0 unspecified atom stereocenters. The normalized spacial score (nSPS) is 13.4. The van der Waals surface area contributed by atoms with Crippen molar-refractivity contribution in [2.45, 2.75) is 58.4 Å². The Balaban J connectivity index is 1.69.